The molecular weight excluding hydrogens is 981 g/mol. The zero-order chi connectivity index (χ0) is 51.1. The summed E-state index contributed by atoms with van der Waals surface area (Å²) < 4.78 is 18.4. The number of hydrogen-bond acceptors (Lipinski definition) is 2. The second-order valence-corrected chi connectivity index (χ2v) is 28.5. The molecule has 0 N–H and O–H groups in total. The van der Waals surface area contributed by atoms with Crippen LogP contribution >= 0.6 is 0 Å². The molecular formula is C72H46N2O2Si2. The Balaban J connectivity index is 0.921. The predicted octanol–water partition coefficient (Wildman–Crippen LogP) is 12.7. The maximum Gasteiger partial charge on any atom is 0.179 e. The molecule has 16 aromatic rings. The van der Waals surface area contributed by atoms with E-state index in [4.69, 9.17) is 8.83 Å². The highest BCUT2D eigenvalue weighted by atomic mass is 28.3. The standard InChI is InChI=1S/C72H46N2O2Si2/c1-3-19-49(20-4-1)77(51-37-41-67-59(45-51)57-43-47(35-39-65(57)75-67)73-61-27-11-7-23-53(61)54-24-8-12-28-62(54)73)69-31-15-17-33-71(69)78(50-21-5-2-6-22-50,72-34-18-16-32-70(72)77)52-38-42-68-60(46-52)58-44-48(36-40-66(58)76-68)74-63-29-13-9-25-55(63)56-26-10-14-30-64(56)74/h1-46H. The maximum atomic E-state index is 6.80. The molecule has 78 heavy (non-hydrogen) atoms. The summed E-state index contributed by atoms with van der Waals surface area (Å²) in [4.78, 5) is 0. The van der Waals surface area contributed by atoms with Crippen LogP contribution in [0, 0.1) is 0 Å². The molecule has 0 amide bonds. The van der Waals surface area contributed by atoms with Crippen LogP contribution in [0.25, 0.3) is 98.9 Å². The summed E-state index contributed by atoms with van der Waals surface area (Å²) >= 11 is 0. The van der Waals surface area contributed by atoms with Crippen molar-refractivity contribution < 1.29 is 8.83 Å². The van der Waals surface area contributed by atoms with Crippen molar-refractivity contribution in [1.82, 2.24) is 9.13 Å². The van der Waals surface area contributed by atoms with E-state index in [9.17, 15) is 0 Å². The molecule has 364 valence electrons. The monoisotopic (exact) mass is 1030 g/mol. The number of benzene rings is 12. The second-order valence-electron chi connectivity index (χ2n) is 21.0. The molecule has 0 atom stereocenters. The number of hydrogen-bond donors (Lipinski definition) is 0. The van der Waals surface area contributed by atoms with E-state index in [1.165, 1.54) is 85.1 Å². The third-order valence-corrected chi connectivity index (χ3v) is 27.6. The molecule has 0 aliphatic carbocycles. The molecule has 17 rings (SSSR count). The van der Waals surface area contributed by atoms with E-state index >= 15 is 0 Å². The normalized spacial score (nSPS) is 16.3. The van der Waals surface area contributed by atoms with Crippen LogP contribution in [0.15, 0.2) is 288 Å². The van der Waals surface area contributed by atoms with Crippen LogP contribution in [0.1, 0.15) is 0 Å². The minimum absolute atomic E-state index is 0.881. The molecule has 4 aromatic heterocycles. The first kappa shape index (κ1) is 43.5. The number of aromatic nitrogens is 2. The largest absolute Gasteiger partial charge is 0.456 e. The fraction of sp³-hybridized carbons (Fsp3) is 0. The molecule has 1 aliphatic heterocycles. The molecule has 0 radical (unpaired) electrons. The van der Waals surface area contributed by atoms with Crippen molar-refractivity contribution >= 4 is 145 Å². The highest BCUT2D eigenvalue weighted by molar-refractivity contribution is 7.33. The van der Waals surface area contributed by atoms with Crippen LogP contribution in [0.4, 0.5) is 0 Å². The van der Waals surface area contributed by atoms with Crippen LogP contribution in [0.3, 0.4) is 0 Å². The molecule has 5 heterocycles. The van der Waals surface area contributed by atoms with Gasteiger partial charge in [0.2, 0.25) is 0 Å². The lowest BCUT2D eigenvalue weighted by atomic mass is 10.1. The van der Waals surface area contributed by atoms with Gasteiger partial charge in [-0.25, -0.2) is 0 Å². The first-order valence-corrected chi connectivity index (χ1v) is 30.9. The smallest absolute Gasteiger partial charge is 0.179 e. The minimum atomic E-state index is -3.15. The number of nitrogens with zero attached hydrogens (tertiary/aromatic N) is 2. The van der Waals surface area contributed by atoms with Gasteiger partial charge >= 0.3 is 0 Å². The molecule has 1 aliphatic rings. The van der Waals surface area contributed by atoms with Gasteiger partial charge in [-0.1, -0.05) is 206 Å². The second kappa shape index (κ2) is 16.4. The third kappa shape index (κ3) is 5.82. The average Bonchev–Trinajstić information content (AvgIpc) is 4.34. The Hall–Kier alpha value is -9.73. The fourth-order valence-corrected chi connectivity index (χ4v) is 26.3. The van der Waals surface area contributed by atoms with E-state index in [-0.39, 0.29) is 0 Å². The summed E-state index contributed by atoms with van der Waals surface area (Å²) in [7, 11) is -6.30. The predicted molar refractivity (Wildman–Crippen MR) is 330 cm³/mol. The van der Waals surface area contributed by atoms with Gasteiger partial charge in [0.1, 0.15) is 22.3 Å². The van der Waals surface area contributed by atoms with E-state index in [1.54, 1.807) is 0 Å². The van der Waals surface area contributed by atoms with Crippen molar-refractivity contribution in [1.29, 1.82) is 0 Å². The van der Waals surface area contributed by atoms with Crippen molar-refractivity contribution in [3.8, 4) is 11.4 Å². The summed E-state index contributed by atoms with van der Waals surface area (Å²) in [5, 5.41) is 20.5. The highest BCUT2D eigenvalue weighted by Gasteiger charge is 2.56. The first-order chi connectivity index (χ1) is 38.7. The van der Waals surface area contributed by atoms with Crippen molar-refractivity contribution in [2.45, 2.75) is 0 Å². The number of furan rings is 2. The Morgan fingerprint density at radius 3 is 0.846 bits per heavy atom. The van der Waals surface area contributed by atoms with Crippen LogP contribution in [0.5, 0.6) is 0 Å². The van der Waals surface area contributed by atoms with Crippen LogP contribution in [-0.4, -0.2) is 25.3 Å². The van der Waals surface area contributed by atoms with Crippen molar-refractivity contribution in [2.24, 2.45) is 0 Å². The lowest BCUT2D eigenvalue weighted by molar-refractivity contribution is 0.668. The molecule has 0 saturated carbocycles. The molecule has 12 aromatic carbocycles. The maximum absolute atomic E-state index is 6.80. The molecule has 4 nitrogen and oxygen atoms in total. The van der Waals surface area contributed by atoms with Gasteiger partial charge in [0.15, 0.2) is 16.1 Å². The highest BCUT2D eigenvalue weighted by Crippen LogP contribution is 2.38. The Kier molecular flexibility index (Phi) is 9.14. The minimum Gasteiger partial charge on any atom is -0.456 e. The van der Waals surface area contributed by atoms with E-state index in [2.05, 4.69) is 288 Å². The van der Waals surface area contributed by atoms with Gasteiger partial charge in [0.25, 0.3) is 0 Å². The quantitative estimate of drug-likeness (QED) is 0.156. The van der Waals surface area contributed by atoms with Gasteiger partial charge in [-0.3, -0.25) is 0 Å². The summed E-state index contributed by atoms with van der Waals surface area (Å²) in [6.45, 7) is 0. The van der Waals surface area contributed by atoms with Crippen molar-refractivity contribution in [2.75, 3.05) is 0 Å². The van der Waals surface area contributed by atoms with E-state index < -0.39 is 16.1 Å². The van der Waals surface area contributed by atoms with Crippen LogP contribution < -0.4 is 41.5 Å². The molecule has 0 unspecified atom stereocenters. The Labute approximate surface area is 450 Å². The lowest BCUT2D eigenvalue weighted by Gasteiger charge is -2.48. The zero-order valence-corrected chi connectivity index (χ0v) is 44.3. The van der Waals surface area contributed by atoms with Crippen LogP contribution in [-0.2, 0) is 0 Å². The van der Waals surface area contributed by atoms with Crippen molar-refractivity contribution in [3.63, 3.8) is 0 Å². The average molecular weight is 1030 g/mol. The number of para-hydroxylation sites is 4. The van der Waals surface area contributed by atoms with Gasteiger partial charge in [-0.2, -0.15) is 0 Å². The summed E-state index contributed by atoms with van der Waals surface area (Å²) in [5.74, 6) is 0. The van der Waals surface area contributed by atoms with Gasteiger partial charge in [-0.15, -0.1) is 0 Å². The molecule has 6 heteroatoms. The van der Waals surface area contributed by atoms with Gasteiger partial charge in [-0.05, 0) is 114 Å². The van der Waals surface area contributed by atoms with Gasteiger partial charge in [0, 0.05) is 54.5 Å². The van der Waals surface area contributed by atoms with E-state index in [1.807, 2.05) is 0 Å². The topological polar surface area (TPSA) is 36.1 Å². The third-order valence-electron chi connectivity index (χ3n) is 17.3. The number of rotatable bonds is 6. The van der Waals surface area contributed by atoms with Gasteiger partial charge in [0.05, 0.1) is 22.1 Å². The SMILES string of the molecule is c1ccc([Si]2(c3ccc4oc5ccc(-n6c7ccccc7c7ccccc76)cc5c4c3)c3ccccc3[Si](c3ccccc3)(c3ccc4oc5ccc(-n6c7ccccc7c7ccccc76)cc5c4c3)c3ccccc32)cc1. The van der Waals surface area contributed by atoms with E-state index in [0.717, 1.165) is 55.3 Å². The zero-order valence-electron chi connectivity index (χ0n) is 42.3. The lowest BCUT2D eigenvalue weighted by Crippen LogP contribution is -2.93. The summed E-state index contributed by atoms with van der Waals surface area (Å²) in [6, 6.07) is 105. The van der Waals surface area contributed by atoms with Crippen LogP contribution in [0.2, 0.25) is 0 Å². The molecule has 0 saturated heterocycles. The summed E-state index contributed by atoms with van der Waals surface area (Å²) in [6.07, 6.45) is 0. The van der Waals surface area contributed by atoms with Crippen molar-refractivity contribution in [3.05, 3.63) is 279 Å². The Bertz CT molecular complexity index is 4650. The van der Waals surface area contributed by atoms with Gasteiger partial charge < -0.3 is 18.0 Å². The fourth-order valence-electron chi connectivity index (χ4n) is 14.2. The Morgan fingerprint density at radius 1 is 0.218 bits per heavy atom. The molecule has 0 fully saturated rings. The summed E-state index contributed by atoms with van der Waals surface area (Å²) in [5.41, 5.74) is 10.5. The van der Waals surface area contributed by atoms with E-state index in [0.29, 0.717) is 0 Å². The molecule has 0 bridgehead atoms. The first-order valence-electron chi connectivity index (χ1n) is 26.9. The number of fused-ring (bicyclic) bond motifs is 14. The molecule has 0 spiro atoms. The Morgan fingerprint density at radius 2 is 0.500 bits per heavy atom.